The number of nitrogens with zero attached hydrogens (tertiary/aromatic N) is 2. The molecule has 1 aromatic rings. The van der Waals surface area contributed by atoms with E-state index in [1.807, 2.05) is 0 Å². The second-order valence-corrected chi connectivity index (χ2v) is 6.61. The maximum Gasteiger partial charge on any atom is 0.196 e. The van der Waals surface area contributed by atoms with Crippen molar-refractivity contribution < 1.29 is 0 Å². The first-order valence-electron chi connectivity index (χ1n) is 7.78. The van der Waals surface area contributed by atoms with Crippen molar-refractivity contribution in [2.24, 2.45) is 16.6 Å². The second kappa shape index (κ2) is 5.12. The zero-order valence-corrected chi connectivity index (χ0v) is 12.6. The van der Waals surface area contributed by atoms with Crippen LogP contribution in [0.4, 0.5) is 5.69 Å². The minimum absolute atomic E-state index is 0.128. The first-order chi connectivity index (χ1) is 9.61. The first-order valence-corrected chi connectivity index (χ1v) is 7.78. The maximum absolute atomic E-state index is 6.23. The van der Waals surface area contributed by atoms with Gasteiger partial charge in [-0.1, -0.05) is 31.9 Å². The molecular formula is C17H25N3. The molecule has 0 bridgehead atoms. The third-order valence-electron chi connectivity index (χ3n) is 4.94. The molecule has 108 valence electrons. The Balaban J connectivity index is 1.95. The number of guanidine groups is 1. The molecule has 1 aromatic carbocycles. The lowest BCUT2D eigenvalue weighted by molar-refractivity contribution is 0.392. The van der Waals surface area contributed by atoms with Crippen LogP contribution in [0.3, 0.4) is 0 Å². The molecule has 1 fully saturated rings. The Hall–Kier alpha value is -1.51. The van der Waals surface area contributed by atoms with Gasteiger partial charge in [-0.3, -0.25) is 4.99 Å². The molecule has 0 aromatic heterocycles. The first kappa shape index (κ1) is 13.5. The zero-order valence-electron chi connectivity index (χ0n) is 12.6. The minimum Gasteiger partial charge on any atom is -0.369 e. The van der Waals surface area contributed by atoms with Gasteiger partial charge in [-0.15, -0.1) is 0 Å². The highest BCUT2D eigenvalue weighted by Crippen LogP contribution is 2.40. The maximum atomic E-state index is 6.23. The molecule has 1 saturated carbocycles. The van der Waals surface area contributed by atoms with Gasteiger partial charge in [0.25, 0.3) is 0 Å². The number of nitrogens with two attached hydrogens (primary N) is 1. The fourth-order valence-corrected chi connectivity index (χ4v) is 3.73. The summed E-state index contributed by atoms with van der Waals surface area (Å²) in [6.07, 6.45) is 6.31. The van der Waals surface area contributed by atoms with Gasteiger partial charge >= 0.3 is 0 Å². The average Bonchev–Trinajstić information content (AvgIpc) is 2.61. The standard InChI is InChI=1S/C17H25N3/c1-13-6-4-9-17(10-8-13)12-19-16(18)20(17)15-7-3-5-14(2)11-15/h3,5,7,11,13H,4,6,8-10,12H2,1-2H3,(H2,18,19). The number of hydrogen-bond donors (Lipinski definition) is 1. The van der Waals surface area contributed by atoms with E-state index in [-0.39, 0.29) is 5.54 Å². The fraction of sp³-hybridized carbons (Fsp3) is 0.588. The van der Waals surface area contributed by atoms with Crippen LogP contribution in [0.5, 0.6) is 0 Å². The van der Waals surface area contributed by atoms with Gasteiger partial charge in [0.15, 0.2) is 5.96 Å². The Morgan fingerprint density at radius 1 is 1.30 bits per heavy atom. The van der Waals surface area contributed by atoms with Crippen molar-refractivity contribution in [1.82, 2.24) is 0 Å². The number of rotatable bonds is 1. The minimum atomic E-state index is 0.128. The van der Waals surface area contributed by atoms with Gasteiger partial charge in [-0.25, -0.2) is 0 Å². The Morgan fingerprint density at radius 3 is 2.95 bits per heavy atom. The van der Waals surface area contributed by atoms with Crippen LogP contribution in [-0.2, 0) is 0 Å². The van der Waals surface area contributed by atoms with Gasteiger partial charge < -0.3 is 10.6 Å². The molecule has 20 heavy (non-hydrogen) atoms. The Bertz CT molecular complexity index is 523. The third-order valence-corrected chi connectivity index (χ3v) is 4.94. The van der Waals surface area contributed by atoms with E-state index in [9.17, 15) is 0 Å². The van der Waals surface area contributed by atoms with E-state index in [1.54, 1.807) is 0 Å². The molecule has 2 unspecified atom stereocenters. The van der Waals surface area contributed by atoms with Crippen molar-refractivity contribution in [3.8, 4) is 0 Å². The van der Waals surface area contributed by atoms with Gasteiger partial charge in [0.2, 0.25) is 0 Å². The highest BCUT2D eigenvalue weighted by molar-refractivity contribution is 5.98. The number of benzene rings is 1. The molecule has 1 aliphatic carbocycles. The van der Waals surface area contributed by atoms with Crippen LogP contribution in [0.1, 0.15) is 44.6 Å². The predicted molar refractivity (Wildman–Crippen MR) is 85.1 cm³/mol. The third kappa shape index (κ3) is 2.30. The molecule has 1 heterocycles. The van der Waals surface area contributed by atoms with Crippen molar-refractivity contribution in [2.75, 3.05) is 11.4 Å². The fourth-order valence-electron chi connectivity index (χ4n) is 3.73. The summed E-state index contributed by atoms with van der Waals surface area (Å²) in [6, 6.07) is 8.64. The van der Waals surface area contributed by atoms with Crippen molar-refractivity contribution in [2.45, 2.75) is 51.5 Å². The zero-order chi connectivity index (χ0) is 14.2. The van der Waals surface area contributed by atoms with E-state index >= 15 is 0 Å². The molecule has 3 heteroatoms. The Kier molecular flexibility index (Phi) is 3.45. The molecule has 1 spiro atoms. The Morgan fingerprint density at radius 2 is 2.15 bits per heavy atom. The average molecular weight is 271 g/mol. The van der Waals surface area contributed by atoms with Crippen molar-refractivity contribution in [3.05, 3.63) is 29.8 Å². The SMILES string of the molecule is Cc1cccc(N2C(N)=NCC23CCCC(C)CC3)c1. The van der Waals surface area contributed by atoms with Crippen LogP contribution < -0.4 is 10.6 Å². The van der Waals surface area contributed by atoms with Crippen LogP contribution in [0.15, 0.2) is 29.3 Å². The normalized spacial score (nSPS) is 30.4. The van der Waals surface area contributed by atoms with Gasteiger partial charge in [-0.05, 0) is 49.8 Å². The lowest BCUT2D eigenvalue weighted by atomic mass is 9.88. The van der Waals surface area contributed by atoms with Crippen LogP contribution in [-0.4, -0.2) is 18.0 Å². The summed E-state index contributed by atoms with van der Waals surface area (Å²) in [5, 5.41) is 0. The van der Waals surface area contributed by atoms with Crippen LogP contribution in [0.25, 0.3) is 0 Å². The number of aliphatic imine (C=N–C) groups is 1. The highest BCUT2D eigenvalue weighted by Gasteiger charge is 2.43. The van der Waals surface area contributed by atoms with Gasteiger partial charge in [0.05, 0.1) is 12.1 Å². The summed E-state index contributed by atoms with van der Waals surface area (Å²) >= 11 is 0. The molecule has 3 rings (SSSR count). The lowest BCUT2D eigenvalue weighted by Crippen LogP contribution is -2.51. The van der Waals surface area contributed by atoms with Crippen molar-refractivity contribution in [3.63, 3.8) is 0 Å². The summed E-state index contributed by atoms with van der Waals surface area (Å²) < 4.78 is 0. The molecular weight excluding hydrogens is 246 g/mol. The molecule has 2 N–H and O–H groups in total. The smallest absolute Gasteiger partial charge is 0.196 e. The second-order valence-electron chi connectivity index (χ2n) is 6.61. The lowest BCUT2D eigenvalue weighted by Gasteiger charge is -2.39. The molecule has 0 amide bonds. The van der Waals surface area contributed by atoms with E-state index in [4.69, 9.17) is 5.73 Å². The summed E-state index contributed by atoms with van der Waals surface area (Å²) in [5.74, 6) is 1.53. The molecule has 2 aliphatic rings. The predicted octanol–water partition coefficient (Wildman–Crippen LogP) is 3.47. The molecule has 2 atom stereocenters. The monoisotopic (exact) mass is 271 g/mol. The Labute approximate surface area is 121 Å². The summed E-state index contributed by atoms with van der Waals surface area (Å²) in [6.45, 7) is 5.36. The largest absolute Gasteiger partial charge is 0.369 e. The highest BCUT2D eigenvalue weighted by atomic mass is 15.4. The number of hydrogen-bond acceptors (Lipinski definition) is 3. The number of anilines is 1. The summed E-state index contributed by atoms with van der Waals surface area (Å²) in [7, 11) is 0. The van der Waals surface area contributed by atoms with Crippen LogP contribution >= 0.6 is 0 Å². The molecule has 0 radical (unpaired) electrons. The van der Waals surface area contributed by atoms with Gasteiger partial charge in [-0.2, -0.15) is 0 Å². The number of aryl methyl sites for hydroxylation is 1. The molecule has 0 saturated heterocycles. The quantitative estimate of drug-likeness (QED) is 0.849. The van der Waals surface area contributed by atoms with Crippen molar-refractivity contribution in [1.29, 1.82) is 0 Å². The molecule has 3 nitrogen and oxygen atoms in total. The topological polar surface area (TPSA) is 41.6 Å². The summed E-state index contributed by atoms with van der Waals surface area (Å²) in [4.78, 5) is 6.91. The van der Waals surface area contributed by atoms with E-state index in [1.165, 1.54) is 43.4 Å². The van der Waals surface area contributed by atoms with Gasteiger partial charge in [0, 0.05) is 5.69 Å². The van der Waals surface area contributed by atoms with Crippen LogP contribution in [0.2, 0.25) is 0 Å². The van der Waals surface area contributed by atoms with E-state index in [0.29, 0.717) is 5.96 Å². The van der Waals surface area contributed by atoms with E-state index < -0.39 is 0 Å². The van der Waals surface area contributed by atoms with E-state index in [0.717, 1.165) is 12.5 Å². The van der Waals surface area contributed by atoms with Gasteiger partial charge in [0.1, 0.15) is 0 Å². The van der Waals surface area contributed by atoms with Crippen LogP contribution in [0, 0.1) is 12.8 Å². The molecule has 1 aliphatic heterocycles. The van der Waals surface area contributed by atoms with E-state index in [2.05, 4.69) is 48.0 Å². The summed E-state index contributed by atoms with van der Waals surface area (Å²) in [5.41, 5.74) is 8.84. The van der Waals surface area contributed by atoms with Crippen molar-refractivity contribution >= 4 is 11.6 Å².